The molecule has 196 valence electrons. The van der Waals surface area contributed by atoms with E-state index in [1.807, 2.05) is 26.0 Å². The van der Waals surface area contributed by atoms with Crippen molar-refractivity contribution in [3.8, 4) is 11.5 Å². The van der Waals surface area contributed by atoms with Gasteiger partial charge in [-0.05, 0) is 100 Å². The topological polar surface area (TPSA) is 84.9 Å². The Hall–Kier alpha value is -3.27. The molecule has 0 aromatic heterocycles. The van der Waals surface area contributed by atoms with Gasteiger partial charge in [0.2, 0.25) is 0 Å². The van der Waals surface area contributed by atoms with Gasteiger partial charge in [-0.25, -0.2) is 0 Å². The number of halogens is 2. The quantitative estimate of drug-likeness (QED) is 0.275. The van der Waals surface area contributed by atoms with Gasteiger partial charge in [-0.15, -0.1) is 0 Å². The summed E-state index contributed by atoms with van der Waals surface area (Å²) in [5.41, 5.74) is 4.16. The predicted molar refractivity (Wildman–Crippen MR) is 154 cm³/mol. The summed E-state index contributed by atoms with van der Waals surface area (Å²) in [6.45, 7) is 3.84. The van der Waals surface area contributed by atoms with Gasteiger partial charge in [-0.2, -0.15) is 0 Å². The van der Waals surface area contributed by atoms with Crippen LogP contribution in [0.2, 0.25) is 5.02 Å². The molecule has 3 aromatic carbocycles. The highest BCUT2D eigenvalue weighted by molar-refractivity contribution is 9.10. The van der Waals surface area contributed by atoms with Gasteiger partial charge in [0.1, 0.15) is 0 Å². The highest BCUT2D eigenvalue weighted by Crippen LogP contribution is 2.36. The summed E-state index contributed by atoms with van der Waals surface area (Å²) >= 11 is 10.5. The van der Waals surface area contributed by atoms with E-state index in [-0.39, 0.29) is 29.2 Å². The number of imide groups is 1. The number of carbonyl (C=O) groups excluding carboxylic acids is 3. The number of benzene rings is 3. The first-order valence-electron chi connectivity index (χ1n) is 11.5. The van der Waals surface area contributed by atoms with Gasteiger partial charge in [-0.1, -0.05) is 35.9 Å². The zero-order valence-corrected chi connectivity index (χ0v) is 24.0. The van der Waals surface area contributed by atoms with E-state index in [0.29, 0.717) is 33.3 Å². The highest BCUT2D eigenvalue weighted by atomic mass is 79.9. The number of aryl methyl sites for hydroxylation is 2. The zero-order chi connectivity index (χ0) is 27.4. The summed E-state index contributed by atoms with van der Waals surface area (Å²) in [6, 6.07) is 16.0. The third kappa shape index (κ3) is 6.40. The van der Waals surface area contributed by atoms with E-state index in [1.165, 1.54) is 12.0 Å². The number of amides is 3. The lowest BCUT2D eigenvalue weighted by Gasteiger charge is -2.14. The molecule has 3 amide bonds. The summed E-state index contributed by atoms with van der Waals surface area (Å²) in [6.07, 6.45) is 1.62. The lowest BCUT2D eigenvalue weighted by atomic mass is 10.1. The standard InChI is InChI=1S/C28H24BrClN2O5S/c1-16-10-20(29)22(11-17(16)2)31-26(33)15-37-23-9-8-18(12-24(23)36-3)13-25-27(34)32(28(35)38-25)14-19-6-4-5-7-21(19)30/h4-13H,14-15H2,1-3H3,(H,31,33)/b25-13+. The number of nitrogens with zero attached hydrogens (tertiary/aromatic N) is 1. The van der Waals surface area contributed by atoms with Crippen LogP contribution in [-0.4, -0.2) is 35.7 Å². The van der Waals surface area contributed by atoms with Crippen molar-refractivity contribution in [1.29, 1.82) is 0 Å². The molecular formula is C28H24BrClN2O5S. The summed E-state index contributed by atoms with van der Waals surface area (Å²) in [5.74, 6) is 0.0284. The first-order chi connectivity index (χ1) is 18.2. The van der Waals surface area contributed by atoms with Crippen molar-refractivity contribution in [3.05, 3.63) is 91.3 Å². The van der Waals surface area contributed by atoms with Crippen molar-refractivity contribution in [2.24, 2.45) is 0 Å². The minimum Gasteiger partial charge on any atom is -0.493 e. The molecule has 1 N–H and O–H groups in total. The van der Waals surface area contributed by atoms with Crippen LogP contribution < -0.4 is 14.8 Å². The van der Waals surface area contributed by atoms with E-state index in [4.69, 9.17) is 21.1 Å². The van der Waals surface area contributed by atoms with Crippen molar-refractivity contribution >= 4 is 68.1 Å². The molecule has 0 unspecified atom stereocenters. The largest absolute Gasteiger partial charge is 0.493 e. The third-order valence-electron chi connectivity index (χ3n) is 5.86. The molecule has 0 saturated carbocycles. The lowest BCUT2D eigenvalue weighted by Crippen LogP contribution is -2.27. The van der Waals surface area contributed by atoms with Crippen LogP contribution in [0.15, 0.2) is 64.0 Å². The fourth-order valence-electron chi connectivity index (χ4n) is 3.68. The van der Waals surface area contributed by atoms with Gasteiger partial charge in [0.15, 0.2) is 18.1 Å². The number of nitrogens with one attached hydrogen (secondary N) is 1. The van der Waals surface area contributed by atoms with Crippen molar-refractivity contribution < 1.29 is 23.9 Å². The van der Waals surface area contributed by atoms with E-state index < -0.39 is 5.91 Å². The predicted octanol–water partition coefficient (Wildman–Crippen LogP) is 6.98. The van der Waals surface area contributed by atoms with Crippen LogP contribution in [0.25, 0.3) is 6.08 Å². The second kappa shape index (κ2) is 12.1. The van der Waals surface area contributed by atoms with Gasteiger partial charge in [-0.3, -0.25) is 19.3 Å². The molecule has 0 aliphatic carbocycles. The normalized spacial score (nSPS) is 14.2. The number of carbonyl (C=O) groups is 3. The minimum absolute atomic E-state index is 0.0958. The summed E-state index contributed by atoms with van der Waals surface area (Å²) in [4.78, 5) is 39.4. The Bertz CT molecular complexity index is 1460. The van der Waals surface area contributed by atoms with E-state index in [0.717, 1.165) is 27.4 Å². The molecule has 10 heteroatoms. The maximum atomic E-state index is 12.9. The van der Waals surface area contributed by atoms with Gasteiger partial charge in [0.25, 0.3) is 17.1 Å². The maximum absolute atomic E-state index is 12.9. The number of rotatable bonds is 8. The number of methoxy groups -OCH3 is 1. The van der Waals surface area contributed by atoms with E-state index in [1.54, 1.807) is 48.5 Å². The Labute approximate surface area is 238 Å². The molecule has 1 aliphatic rings. The fourth-order valence-corrected chi connectivity index (χ4v) is 5.27. The Balaban J connectivity index is 1.43. The molecule has 1 fully saturated rings. The van der Waals surface area contributed by atoms with Crippen LogP contribution in [0.5, 0.6) is 11.5 Å². The molecule has 0 radical (unpaired) electrons. The summed E-state index contributed by atoms with van der Waals surface area (Å²) in [7, 11) is 1.48. The summed E-state index contributed by atoms with van der Waals surface area (Å²) < 4.78 is 11.9. The molecule has 3 aromatic rings. The molecule has 38 heavy (non-hydrogen) atoms. The average Bonchev–Trinajstić information content (AvgIpc) is 3.14. The molecule has 1 heterocycles. The molecule has 0 atom stereocenters. The molecule has 7 nitrogen and oxygen atoms in total. The second-order valence-electron chi connectivity index (χ2n) is 8.52. The fraction of sp³-hybridized carbons (Fsp3) is 0.179. The minimum atomic E-state index is -0.395. The Morgan fingerprint density at radius 2 is 1.82 bits per heavy atom. The molecule has 1 aliphatic heterocycles. The van der Waals surface area contributed by atoms with Crippen LogP contribution in [0.4, 0.5) is 10.5 Å². The Morgan fingerprint density at radius 1 is 1.08 bits per heavy atom. The average molecular weight is 616 g/mol. The molecule has 0 spiro atoms. The maximum Gasteiger partial charge on any atom is 0.293 e. The van der Waals surface area contributed by atoms with Crippen LogP contribution >= 0.6 is 39.3 Å². The van der Waals surface area contributed by atoms with E-state index >= 15 is 0 Å². The first kappa shape index (κ1) is 27.8. The van der Waals surface area contributed by atoms with Crippen molar-refractivity contribution in [1.82, 2.24) is 4.90 Å². The zero-order valence-electron chi connectivity index (χ0n) is 20.8. The van der Waals surface area contributed by atoms with E-state index in [2.05, 4.69) is 21.2 Å². The van der Waals surface area contributed by atoms with Crippen LogP contribution in [0, 0.1) is 13.8 Å². The Morgan fingerprint density at radius 3 is 2.55 bits per heavy atom. The number of anilines is 1. The monoisotopic (exact) mass is 614 g/mol. The van der Waals surface area contributed by atoms with Crippen LogP contribution in [0.3, 0.4) is 0 Å². The van der Waals surface area contributed by atoms with Crippen molar-refractivity contribution in [3.63, 3.8) is 0 Å². The highest BCUT2D eigenvalue weighted by Gasteiger charge is 2.35. The van der Waals surface area contributed by atoms with Gasteiger partial charge in [0.05, 0.1) is 24.2 Å². The van der Waals surface area contributed by atoms with Gasteiger partial charge in [0, 0.05) is 9.50 Å². The van der Waals surface area contributed by atoms with Crippen molar-refractivity contribution in [2.45, 2.75) is 20.4 Å². The lowest BCUT2D eigenvalue weighted by molar-refractivity contribution is -0.123. The van der Waals surface area contributed by atoms with Crippen LogP contribution in [-0.2, 0) is 16.1 Å². The molecule has 0 bridgehead atoms. The number of hydrogen-bond acceptors (Lipinski definition) is 6. The van der Waals surface area contributed by atoms with Crippen molar-refractivity contribution in [2.75, 3.05) is 19.0 Å². The smallest absolute Gasteiger partial charge is 0.293 e. The molecule has 1 saturated heterocycles. The molecule has 4 rings (SSSR count). The third-order valence-corrected chi connectivity index (χ3v) is 7.79. The van der Waals surface area contributed by atoms with Crippen LogP contribution in [0.1, 0.15) is 22.3 Å². The number of ether oxygens (including phenoxy) is 2. The SMILES string of the molecule is COc1cc(/C=C2/SC(=O)N(Cc3ccccc3Cl)C2=O)ccc1OCC(=O)Nc1cc(C)c(C)cc1Br. The van der Waals surface area contributed by atoms with Gasteiger partial charge >= 0.3 is 0 Å². The Kier molecular flexibility index (Phi) is 8.81. The summed E-state index contributed by atoms with van der Waals surface area (Å²) in [5, 5.41) is 2.96. The van der Waals surface area contributed by atoms with E-state index in [9.17, 15) is 14.4 Å². The second-order valence-corrected chi connectivity index (χ2v) is 10.8. The van der Waals surface area contributed by atoms with Gasteiger partial charge < -0.3 is 14.8 Å². The number of hydrogen-bond donors (Lipinski definition) is 1. The first-order valence-corrected chi connectivity index (χ1v) is 13.5. The number of thioether (sulfide) groups is 1. The molecular weight excluding hydrogens is 592 g/mol.